The highest BCUT2D eigenvalue weighted by Gasteiger charge is 2.47. The first kappa shape index (κ1) is 23.6. The number of piperidine rings is 2. The van der Waals surface area contributed by atoms with Crippen molar-refractivity contribution in [2.75, 3.05) is 13.1 Å². The Morgan fingerprint density at radius 1 is 0.857 bits per heavy atom. The normalized spacial score (nSPS) is 39.3. The van der Waals surface area contributed by atoms with Crippen LogP contribution in [0.4, 0.5) is 4.79 Å². The number of carbonyl (C=O) groups is 2. The van der Waals surface area contributed by atoms with Gasteiger partial charge in [-0.2, -0.15) is 0 Å². The average Bonchev–Trinajstić information content (AvgIpc) is 3.35. The third-order valence-corrected chi connectivity index (χ3v) is 10.2. The third-order valence-electron chi connectivity index (χ3n) is 10.2. The summed E-state index contributed by atoms with van der Waals surface area (Å²) in [6.07, 6.45) is 23.7. The molecule has 6 heteroatoms. The molecular formula is C29H43N3O3. The maximum absolute atomic E-state index is 13.9. The SMILES string of the molecule is O=C(O)C1CCN(C(=O)N(C2=CCCC=C2)C2CC3CCCC(C2)N3C2CC3CCCC(C3)C2)C1. The van der Waals surface area contributed by atoms with Crippen molar-refractivity contribution in [2.24, 2.45) is 17.8 Å². The number of carboxylic acid groups (broad SMARTS) is 1. The van der Waals surface area contributed by atoms with Gasteiger partial charge in [-0.05, 0) is 82.1 Å². The van der Waals surface area contributed by atoms with Crippen molar-refractivity contribution in [3.63, 3.8) is 0 Å². The van der Waals surface area contributed by atoms with Gasteiger partial charge in [-0.1, -0.05) is 37.8 Å². The monoisotopic (exact) mass is 481 g/mol. The topological polar surface area (TPSA) is 64.1 Å². The van der Waals surface area contributed by atoms with E-state index >= 15 is 0 Å². The summed E-state index contributed by atoms with van der Waals surface area (Å²) >= 11 is 0. The molecule has 5 unspecified atom stereocenters. The smallest absolute Gasteiger partial charge is 0.324 e. The van der Waals surface area contributed by atoms with Gasteiger partial charge in [-0.3, -0.25) is 14.6 Å². The minimum atomic E-state index is -0.774. The molecule has 0 radical (unpaired) electrons. The van der Waals surface area contributed by atoms with E-state index in [0.29, 0.717) is 31.6 Å². The number of carboxylic acids is 1. The molecule has 1 N–H and O–H groups in total. The molecule has 0 spiro atoms. The molecule has 4 bridgehead atoms. The Morgan fingerprint density at radius 3 is 2.20 bits per heavy atom. The van der Waals surface area contributed by atoms with Gasteiger partial charge in [0.1, 0.15) is 0 Å². The van der Waals surface area contributed by atoms with Crippen LogP contribution in [0.1, 0.15) is 89.9 Å². The maximum Gasteiger partial charge on any atom is 0.324 e. The zero-order valence-corrected chi connectivity index (χ0v) is 21.2. The minimum absolute atomic E-state index is 0.0373. The summed E-state index contributed by atoms with van der Waals surface area (Å²) in [5.41, 5.74) is 1.05. The molecule has 3 saturated heterocycles. The van der Waals surface area contributed by atoms with Gasteiger partial charge in [-0.15, -0.1) is 0 Å². The lowest BCUT2D eigenvalue weighted by Crippen LogP contribution is -2.62. The Labute approximate surface area is 210 Å². The van der Waals surface area contributed by atoms with Crippen LogP contribution < -0.4 is 0 Å². The molecule has 6 rings (SSSR count). The van der Waals surface area contributed by atoms with Gasteiger partial charge in [0.2, 0.25) is 0 Å². The number of amides is 2. The molecule has 0 aromatic heterocycles. The summed E-state index contributed by atoms with van der Waals surface area (Å²) in [5.74, 6) is 0.685. The standard InChI is InChI=1S/C29H43N3O3/c33-28(34)22-12-13-30(19-22)29(35)32(23-8-2-1-3-9-23)27-17-24-10-5-11-25(18-27)31(24)26-15-20-6-4-7-21(14-20)16-26/h2,8-9,20-22,24-27H,1,3-7,10-19H2,(H,33,34). The molecule has 3 aliphatic carbocycles. The van der Waals surface area contributed by atoms with Crippen molar-refractivity contribution in [2.45, 2.75) is 114 Å². The number of aliphatic carboxylic acids is 1. The van der Waals surface area contributed by atoms with Crippen LogP contribution in [-0.4, -0.2) is 69.1 Å². The van der Waals surface area contributed by atoms with Crippen LogP contribution in [-0.2, 0) is 4.79 Å². The van der Waals surface area contributed by atoms with Gasteiger partial charge in [0.05, 0.1) is 5.92 Å². The second-order valence-corrected chi connectivity index (χ2v) is 12.4. The molecule has 35 heavy (non-hydrogen) atoms. The zero-order chi connectivity index (χ0) is 23.9. The fourth-order valence-electron chi connectivity index (χ4n) is 8.68. The van der Waals surface area contributed by atoms with E-state index in [2.05, 4.69) is 28.0 Å². The predicted octanol–water partition coefficient (Wildman–Crippen LogP) is 5.40. The van der Waals surface area contributed by atoms with Crippen molar-refractivity contribution < 1.29 is 14.7 Å². The van der Waals surface area contributed by atoms with Gasteiger partial charge in [-0.25, -0.2) is 4.79 Å². The predicted molar refractivity (Wildman–Crippen MR) is 136 cm³/mol. The highest BCUT2D eigenvalue weighted by atomic mass is 16.4. The number of likely N-dealkylation sites (tertiary alicyclic amines) is 1. The third kappa shape index (κ3) is 4.68. The summed E-state index contributed by atoms with van der Waals surface area (Å²) in [7, 11) is 0. The molecule has 2 saturated carbocycles. The summed E-state index contributed by atoms with van der Waals surface area (Å²) in [6, 6.07) is 2.18. The van der Waals surface area contributed by atoms with E-state index < -0.39 is 11.9 Å². The van der Waals surface area contributed by atoms with Crippen molar-refractivity contribution >= 4 is 12.0 Å². The van der Waals surface area contributed by atoms with Gasteiger partial charge in [0, 0.05) is 43.0 Å². The Morgan fingerprint density at radius 2 is 1.57 bits per heavy atom. The fraction of sp³-hybridized carbons (Fsp3) is 0.793. The van der Waals surface area contributed by atoms with Crippen LogP contribution in [0.15, 0.2) is 23.9 Å². The van der Waals surface area contributed by atoms with Gasteiger partial charge >= 0.3 is 12.0 Å². The number of allylic oxidation sites excluding steroid dienone is 3. The average molecular weight is 482 g/mol. The second-order valence-electron chi connectivity index (χ2n) is 12.4. The van der Waals surface area contributed by atoms with Crippen molar-refractivity contribution in [1.82, 2.24) is 14.7 Å². The number of fused-ring (bicyclic) bond motifs is 4. The van der Waals surface area contributed by atoms with Crippen molar-refractivity contribution in [3.05, 3.63) is 23.9 Å². The Kier molecular flexibility index (Phi) is 6.68. The number of urea groups is 1. The van der Waals surface area contributed by atoms with Gasteiger partial charge in [0.25, 0.3) is 0 Å². The highest BCUT2D eigenvalue weighted by Crippen LogP contribution is 2.46. The second kappa shape index (κ2) is 9.91. The Hall–Kier alpha value is -1.82. The fourth-order valence-corrected chi connectivity index (χ4v) is 8.68. The molecule has 0 aromatic carbocycles. The lowest BCUT2D eigenvalue weighted by atomic mass is 9.68. The molecule has 6 nitrogen and oxygen atoms in total. The van der Waals surface area contributed by atoms with Crippen LogP contribution in [0, 0.1) is 17.8 Å². The molecule has 0 aromatic rings. The zero-order valence-electron chi connectivity index (χ0n) is 21.2. The molecule has 3 heterocycles. The summed E-state index contributed by atoms with van der Waals surface area (Å²) in [4.78, 5) is 32.3. The van der Waals surface area contributed by atoms with E-state index in [4.69, 9.17) is 0 Å². The number of hydrogen-bond acceptors (Lipinski definition) is 3. The van der Waals surface area contributed by atoms with Crippen LogP contribution in [0.3, 0.4) is 0 Å². The summed E-state index contributed by atoms with van der Waals surface area (Å²) < 4.78 is 0. The molecule has 5 atom stereocenters. The molecule has 192 valence electrons. The Balaban J connectivity index is 1.22. The number of nitrogens with zero attached hydrogens (tertiary/aromatic N) is 3. The summed E-state index contributed by atoms with van der Waals surface area (Å²) in [5, 5.41) is 9.49. The first-order valence-corrected chi connectivity index (χ1v) is 14.5. The summed E-state index contributed by atoms with van der Waals surface area (Å²) in [6.45, 7) is 0.901. The van der Waals surface area contributed by atoms with E-state index in [1.54, 1.807) is 0 Å². The van der Waals surface area contributed by atoms with Crippen molar-refractivity contribution in [3.8, 4) is 0 Å². The van der Waals surface area contributed by atoms with E-state index in [1.165, 1.54) is 57.8 Å². The van der Waals surface area contributed by atoms with Crippen molar-refractivity contribution in [1.29, 1.82) is 0 Å². The molecule has 2 amide bonds. The van der Waals surface area contributed by atoms with Crippen LogP contribution in [0.5, 0.6) is 0 Å². The number of hydrogen-bond donors (Lipinski definition) is 1. The quantitative estimate of drug-likeness (QED) is 0.584. The number of rotatable bonds is 4. The molecule has 3 aliphatic heterocycles. The van der Waals surface area contributed by atoms with Crippen LogP contribution >= 0.6 is 0 Å². The van der Waals surface area contributed by atoms with Crippen LogP contribution in [0.2, 0.25) is 0 Å². The maximum atomic E-state index is 13.9. The minimum Gasteiger partial charge on any atom is -0.481 e. The van der Waals surface area contributed by atoms with E-state index in [9.17, 15) is 14.7 Å². The lowest BCUT2D eigenvalue weighted by molar-refractivity contribution is -0.141. The molecular weight excluding hydrogens is 438 g/mol. The highest BCUT2D eigenvalue weighted by molar-refractivity contribution is 5.79. The largest absolute Gasteiger partial charge is 0.481 e. The molecule has 6 aliphatic rings. The van der Waals surface area contributed by atoms with Gasteiger partial charge in [0.15, 0.2) is 0 Å². The number of carbonyl (C=O) groups excluding carboxylic acids is 1. The lowest BCUT2D eigenvalue weighted by Gasteiger charge is -2.56. The van der Waals surface area contributed by atoms with E-state index in [1.807, 2.05) is 4.90 Å². The first-order valence-electron chi connectivity index (χ1n) is 14.5. The Bertz CT molecular complexity index is 858. The van der Waals surface area contributed by atoms with Gasteiger partial charge < -0.3 is 10.0 Å². The molecule has 5 fully saturated rings. The van der Waals surface area contributed by atoms with E-state index in [0.717, 1.165) is 49.3 Å². The van der Waals surface area contributed by atoms with E-state index in [-0.39, 0.29) is 12.1 Å². The first-order chi connectivity index (χ1) is 17.1. The van der Waals surface area contributed by atoms with Crippen LogP contribution in [0.25, 0.3) is 0 Å².